The molecule has 1 aromatic heterocycles. The van der Waals surface area contributed by atoms with Crippen molar-refractivity contribution in [2.45, 2.75) is 57.7 Å². The number of nitrogens with one attached hydrogen (secondary N) is 1. The van der Waals surface area contributed by atoms with Crippen LogP contribution in [-0.2, 0) is 11.3 Å². The van der Waals surface area contributed by atoms with E-state index >= 15 is 0 Å². The Morgan fingerprint density at radius 2 is 2.29 bits per heavy atom. The molecule has 0 spiro atoms. The molecule has 2 heterocycles. The van der Waals surface area contributed by atoms with Gasteiger partial charge in [0.2, 0.25) is 0 Å². The van der Waals surface area contributed by atoms with Crippen molar-refractivity contribution in [1.29, 1.82) is 0 Å². The fourth-order valence-corrected chi connectivity index (χ4v) is 3.47. The van der Waals surface area contributed by atoms with Gasteiger partial charge in [-0.1, -0.05) is 13.8 Å². The zero-order valence-corrected chi connectivity index (χ0v) is 13.3. The van der Waals surface area contributed by atoms with Gasteiger partial charge in [-0.2, -0.15) is 0 Å². The molecular weight excluding hydrogens is 264 g/mol. The second kappa shape index (κ2) is 6.28. The Morgan fingerprint density at radius 1 is 1.43 bits per heavy atom. The van der Waals surface area contributed by atoms with Crippen molar-refractivity contribution in [2.24, 2.45) is 0 Å². The summed E-state index contributed by atoms with van der Waals surface area (Å²) >= 11 is 0. The minimum atomic E-state index is 0.360. The highest BCUT2D eigenvalue weighted by molar-refractivity contribution is 5.51. The number of anilines is 1. The maximum Gasteiger partial charge on any atom is 0.131 e. The highest BCUT2D eigenvalue weighted by atomic mass is 16.5. The predicted molar refractivity (Wildman–Crippen MR) is 83.6 cm³/mol. The van der Waals surface area contributed by atoms with Gasteiger partial charge in [-0.05, 0) is 26.3 Å². The van der Waals surface area contributed by atoms with Crippen molar-refractivity contribution in [3.8, 4) is 0 Å². The highest BCUT2D eigenvalue weighted by Gasteiger charge is 2.37. The largest absolute Gasteiger partial charge is 0.374 e. The number of fused-ring (bicyclic) bond motifs is 1. The molecule has 5 heteroatoms. The molecule has 2 atom stereocenters. The molecule has 1 N–H and O–H groups in total. The number of nitrogens with zero attached hydrogens (tertiary/aromatic N) is 3. The molecule has 1 aliphatic heterocycles. The maximum atomic E-state index is 5.92. The van der Waals surface area contributed by atoms with Crippen LogP contribution < -0.4 is 10.2 Å². The van der Waals surface area contributed by atoms with Gasteiger partial charge in [-0.25, -0.2) is 9.97 Å². The number of rotatable bonds is 4. The van der Waals surface area contributed by atoms with Crippen molar-refractivity contribution >= 4 is 5.69 Å². The molecule has 0 bridgehead atoms. The van der Waals surface area contributed by atoms with Crippen LogP contribution in [0.3, 0.4) is 0 Å². The van der Waals surface area contributed by atoms with Gasteiger partial charge in [0.25, 0.3) is 0 Å². The lowest BCUT2D eigenvalue weighted by Gasteiger charge is -2.39. The lowest BCUT2D eigenvalue weighted by molar-refractivity contribution is 0.0255. The Morgan fingerprint density at radius 3 is 3.05 bits per heavy atom. The predicted octanol–water partition coefficient (Wildman–Crippen LogP) is 2.08. The van der Waals surface area contributed by atoms with E-state index in [1.807, 2.05) is 13.2 Å². The normalized spacial score (nSPS) is 25.4. The summed E-state index contributed by atoms with van der Waals surface area (Å²) in [6, 6.07) is 0.503. The summed E-state index contributed by atoms with van der Waals surface area (Å²) in [6.07, 6.45) is 6.09. The summed E-state index contributed by atoms with van der Waals surface area (Å²) in [5.74, 6) is 1.29. The Hall–Kier alpha value is -1.20. The molecule has 3 rings (SSSR count). The third kappa shape index (κ3) is 2.90. The van der Waals surface area contributed by atoms with Crippen molar-refractivity contribution in [3.05, 3.63) is 17.7 Å². The third-order valence-electron chi connectivity index (χ3n) is 4.52. The maximum absolute atomic E-state index is 5.92. The van der Waals surface area contributed by atoms with Crippen molar-refractivity contribution < 1.29 is 4.74 Å². The summed E-state index contributed by atoms with van der Waals surface area (Å²) in [5.41, 5.74) is 2.30. The summed E-state index contributed by atoms with van der Waals surface area (Å²) < 4.78 is 5.92. The third-order valence-corrected chi connectivity index (χ3v) is 4.52. The second-order valence-electron chi connectivity index (χ2n) is 6.35. The zero-order chi connectivity index (χ0) is 14.8. The average Bonchev–Trinajstić information content (AvgIpc) is 2.96. The number of ether oxygens (including phenoxy) is 1. The molecule has 116 valence electrons. The molecule has 0 aromatic carbocycles. The van der Waals surface area contributed by atoms with E-state index < -0.39 is 0 Å². The van der Waals surface area contributed by atoms with Gasteiger partial charge >= 0.3 is 0 Å². The number of hydrogen-bond acceptors (Lipinski definition) is 5. The molecule has 2 fully saturated rings. The standard InChI is InChI=1S/C16H26N4O/c1-11(2)16-18-10-14(12(19-16)9-17-3)20-7-8-21-15-6-4-5-13(15)20/h10-11,13,15,17H,4-9H2,1-3H3. The molecule has 0 amide bonds. The van der Waals surface area contributed by atoms with Crippen molar-refractivity contribution in [2.75, 3.05) is 25.1 Å². The van der Waals surface area contributed by atoms with Gasteiger partial charge in [0.05, 0.1) is 36.3 Å². The number of aromatic nitrogens is 2. The van der Waals surface area contributed by atoms with E-state index in [1.54, 1.807) is 0 Å². The monoisotopic (exact) mass is 290 g/mol. The van der Waals surface area contributed by atoms with Gasteiger partial charge in [-0.3, -0.25) is 0 Å². The summed E-state index contributed by atoms with van der Waals surface area (Å²) in [5, 5.41) is 3.24. The molecule has 0 radical (unpaired) electrons. The molecule has 5 nitrogen and oxygen atoms in total. The molecule has 1 aromatic rings. The first-order valence-corrected chi connectivity index (χ1v) is 8.09. The first-order chi connectivity index (χ1) is 10.2. The topological polar surface area (TPSA) is 50.3 Å². The minimum Gasteiger partial charge on any atom is -0.374 e. The average molecular weight is 290 g/mol. The molecule has 1 aliphatic carbocycles. The number of morpholine rings is 1. The minimum absolute atomic E-state index is 0.360. The van der Waals surface area contributed by atoms with Gasteiger partial charge in [-0.15, -0.1) is 0 Å². The summed E-state index contributed by atoms with van der Waals surface area (Å²) in [7, 11) is 1.97. The Bertz CT molecular complexity index is 491. The Labute approximate surface area is 127 Å². The van der Waals surface area contributed by atoms with Gasteiger partial charge in [0.15, 0.2) is 0 Å². The van der Waals surface area contributed by atoms with E-state index in [4.69, 9.17) is 9.72 Å². The van der Waals surface area contributed by atoms with Crippen LogP contribution in [0.5, 0.6) is 0 Å². The van der Waals surface area contributed by atoms with E-state index in [1.165, 1.54) is 24.9 Å². The van der Waals surface area contributed by atoms with Gasteiger partial charge < -0.3 is 15.0 Å². The fraction of sp³-hybridized carbons (Fsp3) is 0.750. The Kier molecular flexibility index (Phi) is 4.40. The van der Waals surface area contributed by atoms with Crippen LogP contribution in [0.4, 0.5) is 5.69 Å². The summed E-state index contributed by atoms with van der Waals surface area (Å²) in [4.78, 5) is 11.9. The molecule has 21 heavy (non-hydrogen) atoms. The fourth-order valence-electron chi connectivity index (χ4n) is 3.47. The Balaban J connectivity index is 1.92. The molecular formula is C16H26N4O. The first-order valence-electron chi connectivity index (χ1n) is 8.09. The van der Waals surface area contributed by atoms with E-state index in [2.05, 4.69) is 29.0 Å². The zero-order valence-electron chi connectivity index (χ0n) is 13.3. The van der Waals surface area contributed by atoms with Crippen LogP contribution in [-0.4, -0.2) is 42.3 Å². The highest BCUT2D eigenvalue weighted by Crippen LogP contribution is 2.34. The van der Waals surface area contributed by atoms with Crippen molar-refractivity contribution in [1.82, 2.24) is 15.3 Å². The first kappa shape index (κ1) is 14.7. The van der Waals surface area contributed by atoms with Crippen LogP contribution in [0.1, 0.15) is 50.5 Å². The van der Waals surface area contributed by atoms with E-state index in [0.717, 1.165) is 31.2 Å². The molecule has 1 saturated carbocycles. The quantitative estimate of drug-likeness (QED) is 0.920. The lowest BCUT2D eigenvalue weighted by Crippen LogP contribution is -2.49. The molecule has 2 aliphatic rings. The summed E-state index contributed by atoms with van der Waals surface area (Å²) in [6.45, 7) is 6.82. The van der Waals surface area contributed by atoms with Gasteiger partial charge in [0, 0.05) is 19.0 Å². The molecule has 1 saturated heterocycles. The van der Waals surface area contributed by atoms with Crippen LogP contribution >= 0.6 is 0 Å². The van der Waals surface area contributed by atoms with Crippen molar-refractivity contribution in [3.63, 3.8) is 0 Å². The SMILES string of the molecule is CNCc1nc(C(C)C)ncc1N1CCOC2CCCC21. The lowest BCUT2D eigenvalue weighted by atomic mass is 10.1. The van der Waals surface area contributed by atoms with E-state index in [0.29, 0.717) is 18.1 Å². The van der Waals surface area contributed by atoms with Crippen LogP contribution in [0, 0.1) is 0 Å². The van der Waals surface area contributed by atoms with Gasteiger partial charge in [0.1, 0.15) is 5.82 Å². The smallest absolute Gasteiger partial charge is 0.131 e. The van der Waals surface area contributed by atoms with Crippen LogP contribution in [0.2, 0.25) is 0 Å². The number of hydrogen-bond donors (Lipinski definition) is 1. The second-order valence-corrected chi connectivity index (χ2v) is 6.35. The van der Waals surface area contributed by atoms with Crippen LogP contribution in [0.25, 0.3) is 0 Å². The molecule has 2 unspecified atom stereocenters. The van der Waals surface area contributed by atoms with E-state index in [9.17, 15) is 0 Å². The van der Waals surface area contributed by atoms with Crippen LogP contribution in [0.15, 0.2) is 6.20 Å². The van der Waals surface area contributed by atoms with E-state index in [-0.39, 0.29) is 0 Å².